The lowest BCUT2D eigenvalue weighted by Gasteiger charge is -2.20. The van der Waals surface area contributed by atoms with E-state index < -0.39 is 17.4 Å². The predicted octanol–water partition coefficient (Wildman–Crippen LogP) is 2.78. The highest BCUT2D eigenvalue weighted by Crippen LogP contribution is 2.25. The van der Waals surface area contributed by atoms with E-state index in [-0.39, 0.29) is 0 Å². The van der Waals surface area contributed by atoms with Gasteiger partial charge >= 0.3 is 11.9 Å². The van der Waals surface area contributed by atoms with Crippen LogP contribution < -0.4 is 0 Å². The van der Waals surface area contributed by atoms with Gasteiger partial charge in [0.25, 0.3) is 0 Å². The fourth-order valence-electron chi connectivity index (χ4n) is 1.52. The molecule has 1 rings (SSSR count). The van der Waals surface area contributed by atoms with Gasteiger partial charge in [0, 0.05) is 18.5 Å². The number of carbonyl (C=O) groups excluding carboxylic acids is 2. The van der Waals surface area contributed by atoms with Crippen molar-refractivity contribution in [1.29, 1.82) is 0 Å². The van der Waals surface area contributed by atoms with Crippen molar-refractivity contribution in [2.24, 2.45) is 5.41 Å². The molecule has 0 aliphatic carbocycles. The second kappa shape index (κ2) is 7.53. The molecule has 0 aromatic carbocycles. The minimum absolute atomic E-state index is 0.391. The molecule has 5 heteroatoms. The summed E-state index contributed by atoms with van der Waals surface area (Å²) in [6, 6.07) is 1.68. The Labute approximate surface area is 119 Å². The summed E-state index contributed by atoms with van der Waals surface area (Å²) in [7, 11) is 0. The Hall–Kier alpha value is -2.04. The Morgan fingerprint density at radius 2 is 1.95 bits per heavy atom. The molecule has 0 aliphatic heterocycles. The second-order valence-electron chi connectivity index (χ2n) is 5.14. The van der Waals surface area contributed by atoms with Gasteiger partial charge in [-0.15, -0.1) is 0 Å². The van der Waals surface area contributed by atoms with Crippen molar-refractivity contribution in [3.8, 4) is 0 Å². The highest BCUT2D eigenvalue weighted by atomic mass is 16.6. The number of rotatable bonds is 6. The molecule has 1 aromatic rings. The third kappa shape index (κ3) is 5.30. The van der Waals surface area contributed by atoms with E-state index in [1.807, 2.05) is 0 Å². The molecule has 20 heavy (non-hydrogen) atoms. The first kappa shape index (κ1) is 16.0. The van der Waals surface area contributed by atoms with Crippen molar-refractivity contribution in [2.75, 3.05) is 0 Å². The van der Waals surface area contributed by atoms with Crippen LogP contribution in [0.3, 0.4) is 0 Å². The molecule has 0 radical (unpaired) electrons. The maximum absolute atomic E-state index is 11.9. The van der Waals surface area contributed by atoms with Gasteiger partial charge in [-0.2, -0.15) is 0 Å². The number of aromatic nitrogens is 2. The van der Waals surface area contributed by atoms with Crippen LogP contribution in [-0.4, -0.2) is 21.9 Å². The molecule has 0 amide bonds. The van der Waals surface area contributed by atoms with Gasteiger partial charge in [0.15, 0.2) is 5.82 Å². The topological polar surface area (TPSA) is 69.2 Å². The SMILES string of the molecule is CCCCC(C)(C)C(=O)OC(=O)/C=C/c1ncccn1. The molecule has 108 valence electrons. The zero-order valence-corrected chi connectivity index (χ0v) is 12.1. The largest absolute Gasteiger partial charge is 0.389 e. The summed E-state index contributed by atoms with van der Waals surface area (Å²) >= 11 is 0. The monoisotopic (exact) mass is 276 g/mol. The standard InChI is InChI=1S/C15H20N2O3/c1-4-5-9-15(2,3)14(19)20-13(18)8-7-12-16-10-6-11-17-12/h6-8,10-11H,4-5,9H2,1-3H3/b8-7+. The van der Waals surface area contributed by atoms with Gasteiger partial charge in [-0.1, -0.05) is 19.8 Å². The van der Waals surface area contributed by atoms with E-state index in [4.69, 9.17) is 4.74 Å². The Bertz CT molecular complexity index is 481. The van der Waals surface area contributed by atoms with Crippen molar-refractivity contribution < 1.29 is 14.3 Å². The number of hydrogen-bond acceptors (Lipinski definition) is 5. The Morgan fingerprint density at radius 3 is 2.55 bits per heavy atom. The van der Waals surface area contributed by atoms with Gasteiger partial charge in [0.05, 0.1) is 5.41 Å². The minimum atomic E-state index is -0.702. The summed E-state index contributed by atoms with van der Waals surface area (Å²) in [5, 5.41) is 0. The summed E-state index contributed by atoms with van der Waals surface area (Å²) in [4.78, 5) is 31.3. The number of carbonyl (C=O) groups is 2. The van der Waals surface area contributed by atoms with Crippen molar-refractivity contribution >= 4 is 18.0 Å². The molecule has 0 atom stereocenters. The highest BCUT2D eigenvalue weighted by molar-refractivity contribution is 5.96. The van der Waals surface area contributed by atoms with Crippen molar-refractivity contribution in [3.63, 3.8) is 0 Å². The fourth-order valence-corrected chi connectivity index (χ4v) is 1.52. The van der Waals surface area contributed by atoms with Crippen LogP contribution in [0.1, 0.15) is 45.9 Å². The van der Waals surface area contributed by atoms with Crippen LogP contribution >= 0.6 is 0 Å². The van der Waals surface area contributed by atoms with E-state index in [1.165, 1.54) is 6.08 Å². The van der Waals surface area contributed by atoms with Crippen LogP contribution in [0.2, 0.25) is 0 Å². The minimum Gasteiger partial charge on any atom is -0.389 e. The van der Waals surface area contributed by atoms with Gasteiger partial charge in [0.1, 0.15) is 0 Å². The number of esters is 2. The van der Waals surface area contributed by atoms with Crippen molar-refractivity contribution in [2.45, 2.75) is 40.0 Å². The zero-order valence-electron chi connectivity index (χ0n) is 12.1. The molecule has 1 heterocycles. The maximum atomic E-state index is 11.9. The van der Waals surface area contributed by atoms with Gasteiger partial charge in [-0.05, 0) is 32.4 Å². The molecule has 5 nitrogen and oxygen atoms in total. The van der Waals surface area contributed by atoms with Gasteiger partial charge in [-0.3, -0.25) is 4.79 Å². The van der Waals surface area contributed by atoms with Crippen LogP contribution in [0.5, 0.6) is 0 Å². The molecular weight excluding hydrogens is 256 g/mol. The van der Waals surface area contributed by atoms with Crippen molar-refractivity contribution in [1.82, 2.24) is 9.97 Å². The number of hydrogen-bond donors (Lipinski definition) is 0. The summed E-state index contributed by atoms with van der Waals surface area (Å²) in [5.41, 5.74) is -0.650. The summed E-state index contributed by atoms with van der Waals surface area (Å²) < 4.78 is 4.81. The maximum Gasteiger partial charge on any atom is 0.338 e. The Morgan fingerprint density at radius 1 is 1.30 bits per heavy atom. The third-order valence-corrected chi connectivity index (χ3v) is 2.86. The molecular formula is C15H20N2O3. The van der Waals surface area contributed by atoms with Crippen LogP contribution in [0.25, 0.3) is 6.08 Å². The van der Waals surface area contributed by atoms with Gasteiger partial charge in [0.2, 0.25) is 0 Å². The molecule has 0 unspecified atom stereocenters. The lowest BCUT2D eigenvalue weighted by Crippen LogP contribution is -2.28. The Balaban J connectivity index is 2.54. The van der Waals surface area contributed by atoms with Crippen LogP contribution in [0.15, 0.2) is 24.5 Å². The van der Waals surface area contributed by atoms with E-state index in [0.29, 0.717) is 12.2 Å². The average Bonchev–Trinajstić information content (AvgIpc) is 2.44. The fraction of sp³-hybridized carbons (Fsp3) is 0.467. The average molecular weight is 276 g/mol. The smallest absolute Gasteiger partial charge is 0.338 e. The first-order valence-corrected chi connectivity index (χ1v) is 6.67. The molecule has 0 saturated carbocycles. The summed E-state index contributed by atoms with van der Waals surface area (Å²) in [6.07, 6.45) is 8.31. The number of ether oxygens (including phenoxy) is 1. The van der Waals surface area contributed by atoms with E-state index in [9.17, 15) is 9.59 Å². The first-order valence-electron chi connectivity index (χ1n) is 6.67. The molecule has 0 N–H and O–H groups in total. The van der Waals surface area contributed by atoms with Crippen LogP contribution in [0, 0.1) is 5.41 Å². The summed E-state index contributed by atoms with van der Waals surface area (Å²) in [6.45, 7) is 5.61. The molecule has 0 aliphatic rings. The summed E-state index contributed by atoms with van der Waals surface area (Å²) in [5.74, 6) is -0.816. The van der Waals surface area contributed by atoms with Crippen LogP contribution in [-0.2, 0) is 14.3 Å². The van der Waals surface area contributed by atoms with E-state index in [1.54, 1.807) is 32.3 Å². The van der Waals surface area contributed by atoms with E-state index in [0.717, 1.165) is 18.9 Å². The zero-order chi connectivity index (χ0) is 15.0. The second-order valence-corrected chi connectivity index (χ2v) is 5.14. The number of nitrogens with zero attached hydrogens (tertiary/aromatic N) is 2. The van der Waals surface area contributed by atoms with Crippen molar-refractivity contribution in [3.05, 3.63) is 30.4 Å². The first-order chi connectivity index (χ1) is 9.45. The van der Waals surface area contributed by atoms with E-state index in [2.05, 4.69) is 16.9 Å². The van der Waals surface area contributed by atoms with Gasteiger partial charge < -0.3 is 4.74 Å². The third-order valence-electron chi connectivity index (χ3n) is 2.86. The molecule has 0 saturated heterocycles. The normalized spacial score (nSPS) is 11.6. The number of unbranched alkanes of at least 4 members (excludes halogenated alkanes) is 1. The lowest BCUT2D eigenvalue weighted by molar-refractivity contribution is -0.163. The van der Waals surface area contributed by atoms with E-state index >= 15 is 0 Å². The molecule has 0 spiro atoms. The molecule has 1 aromatic heterocycles. The quantitative estimate of drug-likeness (QED) is 0.454. The predicted molar refractivity (Wildman–Crippen MR) is 75.5 cm³/mol. The highest BCUT2D eigenvalue weighted by Gasteiger charge is 2.29. The van der Waals surface area contributed by atoms with Crippen LogP contribution in [0.4, 0.5) is 0 Å². The van der Waals surface area contributed by atoms with Gasteiger partial charge in [-0.25, -0.2) is 14.8 Å². The lowest BCUT2D eigenvalue weighted by atomic mass is 9.87. The molecule has 0 fully saturated rings. The molecule has 0 bridgehead atoms. The Kier molecular flexibility index (Phi) is 6.03.